The molecule has 0 bridgehead atoms. The predicted molar refractivity (Wildman–Crippen MR) is 75.5 cm³/mol. The van der Waals surface area contributed by atoms with Gasteiger partial charge in [0.15, 0.2) is 0 Å². The summed E-state index contributed by atoms with van der Waals surface area (Å²) in [6.45, 7) is 8.79. The Bertz CT molecular complexity index is 433. The smallest absolute Gasteiger partial charge is 0.251 e. The quantitative estimate of drug-likeness (QED) is 0.774. The molecular formula is C14H22FN3O. The van der Waals surface area contributed by atoms with Crippen LogP contribution in [-0.2, 0) is 0 Å². The molecule has 0 aliphatic carbocycles. The van der Waals surface area contributed by atoms with E-state index in [9.17, 15) is 9.18 Å². The van der Waals surface area contributed by atoms with E-state index in [1.165, 1.54) is 18.2 Å². The molecule has 1 aromatic rings. The monoisotopic (exact) mass is 267 g/mol. The van der Waals surface area contributed by atoms with Crippen molar-refractivity contribution < 1.29 is 9.18 Å². The molecule has 3 N–H and O–H groups in total. The van der Waals surface area contributed by atoms with Gasteiger partial charge in [0.1, 0.15) is 5.82 Å². The third-order valence-corrected chi connectivity index (χ3v) is 3.06. The van der Waals surface area contributed by atoms with Crippen molar-refractivity contribution in [2.24, 2.45) is 0 Å². The second-order valence-corrected chi connectivity index (χ2v) is 4.60. The van der Waals surface area contributed by atoms with Crippen molar-refractivity contribution in [2.45, 2.75) is 26.8 Å². The Kier molecular flexibility index (Phi) is 5.76. The summed E-state index contributed by atoms with van der Waals surface area (Å²) < 4.78 is 13.0. The zero-order valence-corrected chi connectivity index (χ0v) is 11.7. The first-order valence-electron chi connectivity index (χ1n) is 6.56. The van der Waals surface area contributed by atoms with Gasteiger partial charge in [-0.1, -0.05) is 13.8 Å². The average Bonchev–Trinajstić information content (AvgIpc) is 2.38. The van der Waals surface area contributed by atoms with Gasteiger partial charge < -0.3 is 16.0 Å². The van der Waals surface area contributed by atoms with E-state index in [-0.39, 0.29) is 17.6 Å². The minimum absolute atomic E-state index is 0.0101. The van der Waals surface area contributed by atoms with Crippen molar-refractivity contribution in [3.8, 4) is 0 Å². The lowest BCUT2D eigenvalue weighted by molar-refractivity contribution is 0.0930. The van der Waals surface area contributed by atoms with Crippen molar-refractivity contribution in [3.63, 3.8) is 0 Å². The largest absolute Gasteiger partial charge is 0.396 e. The van der Waals surface area contributed by atoms with E-state index in [2.05, 4.69) is 24.1 Å². The van der Waals surface area contributed by atoms with Gasteiger partial charge in [-0.25, -0.2) is 4.39 Å². The fraction of sp³-hybridized carbons (Fsp3) is 0.500. The molecule has 0 heterocycles. The maximum Gasteiger partial charge on any atom is 0.251 e. The molecule has 1 unspecified atom stereocenters. The zero-order valence-electron chi connectivity index (χ0n) is 11.7. The van der Waals surface area contributed by atoms with Crippen molar-refractivity contribution in [2.75, 3.05) is 25.4 Å². The van der Waals surface area contributed by atoms with E-state index in [0.717, 1.165) is 19.6 Å². The molecule has 5 heteroatoms. The van der Waals surface area contributed by atoms with Gasteiger partial charge in [0.2, 0.25) is 0 Å². The first kappa shape index (κ1) is 15.4. The number of carbonyl (C=O) groups excluding carboxylic acids is 1. The van der Waals surface area contributed by atoms with E-state index in [1.807, 2.05) is 6.92 Å². The maximum absolute atomic E-state index is 13.0. The zero-order chi connectivity index (χ0) is 14.4. The number of hydrogen-bond acceptors (Lipinski definition) is 3. The van der Waals surface area contributed by atoms with Gasteiger partial charge in [-0.3, -0.25) is 4.79 Å². The molecule has 1 rings (SSSR count). The molecule has 0 spiro atoms. The minimum Gasteiger partial charge on any atom is -0.396 e. The van der Waals surface area contributed by atoms with E-state index in [0.29, 0.717) is 5.56 Å². The molecule has 19 heavy (non-hydrogen) atoms. The molecule has 1 amide bonds. The van der Waals surface area contributed by atoms with Crippen LogP contribution in [0.25, 0.3) is 0 Å². The van der Waals surface area contributed by atoms with E-state index < -0.39 is 5.82 Å². The predicted octanol–water partition coefficient (Wildman–Crippen LogP) is 1.87. The highest BCUT2D eigenvalue weighted by molar-refractivity contribution is 5.95. The number of benzene rings is 1. The number of halogens is 1. The molecule has 1 aromatic carbocycles. The van der Waals surface area contributed by atoms with E-state index in [4.69, 9.17) is 5.73 Å². The van der Waals surface area contributed by atoms with Crippen LogP contribution in [-0.4, -0.2) is 36.5 Å². The topological polar surface area (TPSA) is 58.4 Å². The number of hydrogen-bond donors (Lipinski definition) is 2. The van der Waals surface area contributed by atoms with Crippen LogP contribution in [0.3, 0.4) is 0 Å². The Hall–Kier alpha value is -1.62. The minimum atomic E-state index is -0.507. The molecule has 4 nitrogen and oxygen atoms in total. The molecule has 0 saturated heterocycles. The number of nitrogen functional groups attached to an aromatic ring is 1. The third kappa shape index (κ3) is 4.52. The highest BCUT2D eigenvalue weighted by Crippen LogP contribution is 2.12. The van der Waals surface area contributed by atoms with Crippen molar-refractivity contribution >= 4 is 11.6 Å². The van der Waals surface area contributed by atoms with Crippen LogP contribution in [0.4, 0.5) is 10.1 Å². The molecule has 1 atom stereocenters. The second kappa shape index (κ2) is 7.09. The van der Waals surface area contributed by atoms with E-state index in [1.54, 1.807) is 0 Å². The molecule has 106 valence electrons. The van der Waals surface area contributed by atoms with Crippen LogP contribution >= 0.6 is 0 Å². The summed E-state index contributed by atoms with van der Waals surface area (Å²) in [6.07, 6.45) is 0. The number of nitrogens with zero attached hydrogens (tertiary/aromatic N) is 1. The first-order valence-corrected chi connectivity index (χ1v) is 6.56. The van der Waals surface area contributed by atoms with Crippen LogP contribution < -0.4 is 11.1 Å². The standard InChI is InChI=1S/C14H22FN3O/c1-4-18(5-2)9-10(3)17-14(19)11-6-7-12(15)13(16)8-11/h6-8,10H,4-5,9,16H2,1-3H3,(H,17,19). The maximum atomic E-state index is 13.0. The van der Waals surface area contributed by atoms with Gasteiger partial charge >= 0.3 is 0 Å². The van der Waals surface area contributed by atoms with E-state index >= 15 is 0 Å². The summed E-state index contributed by atoms with van der Waals surface area (Å²) in [6, 6.07) is 4.03. The Morgan fingerprint density at radius 3 is 2.58 bits per heavy atom. The number of rotatable bonds is 6. The number of nitrogens with one attached hydrogen (secondary N) is 1. The van der Waals surface area contributed by atoms with Gasteiger partial charge in [-0.15, -0.1) is 0 Å². The Balaban J connectivity index is 2.61. The third-order valence-electron chi connectivity index (χ3n) is 3.06. The van der Waals surface area contributed by atoms with Gasteiger partial charge in [-0.05, 0) is 38.2 Å². The van der Waals surface area contributed by atoms with Gasteiger partial charge in [0, 0.05) is 18.2 Å². The van der Waals surface area contributed by atoms with Crippen LogP contribution in [0.2, 0.25) is 0 Å². The summed E-state index contributed by atoms with van der Waals surface area (Å²) in [5, 5.41) is 2.88. The Labute approximate surface area is 113 Å². The molecule has 0 aliphatic rings. The molecule has 0 saturated carbocycles. The molecule has 0 fully saturated rings. The number of carbonyl (C=O) groups is 1. The van der Waals surface area contributed by atoms with Crippen molar-refractivity contribution in [1.29, 1.82) is 0 Å². The lowest BCUT2D eigenvalue weighted by atomic mass is 10.1. The number of likely N-dealkylation sites (N-methyl/N-ethyl adjacent to an activating group) is 1. The SMILES string of the molecule is CCN(CC)CC(C)NC(=O)c1ccc(F)c(N)c1. The highest BCUT2D eigenvalue weighted by atomic mass is 19.1. The van der Waals surface area contributed by atoms with Gasteiger partial charge in [0.05, 0.1) is 5.69 Å². The summed E-state index contributed by atoms with van der Waals surface area (Å²) in [5.41, 5.74) is 5.82. The summed E-state index contributed by atoms with van der Waals surface area (Å²) >= 11 is 0. The fourth-order valence-electron chi connectivity index (χ4n) is 1.91. The van der Waals surface area contributed by atoms with Crippen LogP contribution in [0.5, 0.6) is 0 Å². The summed E-state index contributed by atoms with van der Waals surface area (Å²) in [5.74, 6) is -0.737. The first-order chi connectivity index (χ1) is 8.97. The second-order valence-electron chi connectivity index (χ2n) is 4.60. The lowest BCUT2D eigenvalue weighted by Gasteiger charge is -2.23. The van der Waals surface area contributed by atoms with Crippen LogP contribution in [0.15, 0.2) is 18.2 Å². The highest BCUT2D eigenvalue weighted by Gasteiger charge is 2.13. The Morgan fingerprint density at radius 1 is 1.42 bits per heavy atom. The van der Waals surface area contributed by atoms with Gasteiger partial charge in [0.25, 0.3) is 5.91 Å². The number of amides is 1. The number of nitrogens with two attached hydrogens (primary N) is 1. The van der Waals surface area contributed by atoms with Crippen molar-refractivity contribution in [1.82, 2.24) is 10.2 Å². The molecule has 0 aliphatic heterocycles. The summed E-state index contributed by atoms with van der Waals surface area (Å²) in [4.78, 5) is 14.2. The fourth-order valence-corrected chi connectivity index (χ4v) is 1.91. The average molecular weight is 267 g/mol. The number of anilines is 1. The molecule has 0 aromatic heterocycles. The van der Waals surface area contributed by atoms with Crippen LogP contribution in [0, 0.1) is 5.82 Å². The van der Waals surface area contributed by atoms with Crippen molar-refractivity contribution in [3.05, 3.63) is 29.6 Å². The van der Waals surface area contributed by atoms with Crippen LogP contribution in [0.1, 0.15) is 31.1 Å². The Morgan fingerprint density at radius 2 is 2.05 bits per heavy atom. The normalized spacial score (nSPS) is 12.5. The van der Waals surface area contributed by atoms with Gasteiger partial charge in [-0.2, -0.15) is 0 Å². The summed E-state index contributed by atoms with van der Waals surface area (Å²) in [7, 11) is 0. The lowest BCUT2D eigenvalue weighted by Crippen LogP contribution is -2.41. The molecule has 0 radical (unpaired) electrons. The molecular weight excluding hydrogens is 245 g/mol.